The number of piperazine rings is 1. The van der Waals surface area contributed by atoms with E-state index in [9.17, 15) is 4.79 Å². The molecular formula is C23H35N3O2. The summed E-state index contributed by atoms with van der Waals surface area (Å²) in [6.07, 6.45) is 4.25. The van der Waals surface area contributed by atoms with Gasteiger partial charge in [-0.2, -0.15) is 0 Å². The summed E-state index contributed by atoms with van der Waals surface area (Å²) in [6.45, 7) is 11.0. The van der Waals surface area contributed by atoms with Crippen LogP contribution in [-0.4, -0.2) is 73.2 Å². The SMILES string of the molecule is CC(C)C(=O)N1CCC2(CC1)C[C@@H](N1CCN(c3ccccc3)CC1)CCO2. The Morgan fingerprint density at radius 1 is 1.04 bits per heavy atom. The molecule has 0 aromatic heterocycles. The van der Waals surface area contributed by atoms with Crippen LogP contribution in [0.5, 0.6) is 0 Å². The molecular weight excluding hydrogens is 350 g/mol. The van der Waals surface area contributed by atoms with Gasteiger partial charge in [0.25, 0.3) is 0 Å². The highest BCUT2D eigenvalue weighted by molar-refractivity contribution is 5.78. The summed E-state index contributed by atoms with van der Waals surface area (Å²) in [7, 11) is 0. The largest absolute Gasteiger partial charge is 0.375 e. The van der Waals surface area contributed by atoms with Crippen molar-refractivity contribution in [1.82, 2.24) is 9.80 Å². The number of piperidine rings is 1. The quantitative estimate of drug-likeness (QED) is 0.801. The zero-order chi connectivity index (χ0) is 19.6. The molecule has 5 heteroatoms. The Balaban J connectivity index is 1.31. The third-order valence-electron chi connectivity index (χ3n) is 6.90. The van der Waals surface area contributed by atoms with Crippen molar-refractivity contribution in [2.45, 2.75) is 51.2 Å². The van der Waals surface area contributed by atoms with Crippen LogP contribution >= 0.6 is 0 Å². The summed E-state index contributed by atoms with van der Waals surface area (Å²) < 4.78 is 6.33. The van der Waals surface area contributed by atoms with E-state index in [1.54, 1.807) is 0 Å². The van der Waals surface area contributed by atoms with Gasteiger partial charge in [0.1, 0.15) is 0 Å². The van der Waals surface area contributed by atoms with Gasteiger partial charge in [-0.25, -0.2) is 0 Å². The number of benzene rings is 1. The van der Waals surface area contributed by atoms with E-state index >= 15 is 0 Å². The number of rotatable bonds is 3. The molecule has 3 aliphatic heterocycles. The maximum absolute atomic E-state index is 12.3. The number of carbonyl (C=O) groups is 1. The van der Waals surface area contributed by atoms with Crippen molar-refractivity contribution in [3.8, 4) is 0 Å². The molecule has 1 amide bonds. The Kier molecular flexibility index (Phi) is 5.93. The highest BCUT2D eigenvalue weighted by Gasteiger charge is 2.43. The summed E-state index contributed by atoms with van der Waals surface area (Å²) >= 11 is 0. The number of anilines is 1. The van der Waals surface area contributed by atoms with E-state index in [4.69, 9.17) is 4.74 Å². The molecule has 5 nitrogen and oxygen atoms in total. The van der Waals surface area contributed by atoms with Crippen LogP contribution in [0, 0.1) is 5.92 Å². The minimum atomic E-state index is -0.00671. The highest BCUT2D eigenvalue weighted by Crippen LogP contribution is 2.37. The van der Waals surface area contributed by atoms with Gasteiger partial charge in [0.05, 0.1) is 5.60 Å². The lowest BCUT2D eigenvalue weighted by molar-refractivity contribution is -0.151. The lowest BCUT2D eigenvalue weighted by atomic mass is 9.81. The molecule has 0 saturated carbocycles. The van der Waals surface area contributed by atoms with Crippen LogP contribution < -0.4 is 4.90 Å². The lowest BCUT2D eigenvalue weighted by Gasteiger charge is -2.50. The van der Waals surface area contributed by atoms with E-state index in [2.05, 4.69) is 40.1 Å². The van der Waals surface area contributed by atoms with Crippen LogP contribution in [0.4, 0.5) is 5.69 Å². The van der Waals surface area contributed by atoms with E-state index in [0.717, 1.165) is 71.6 Å². The Labute approximate surface area is 169 Å². The molecule has 28 heavy (non-hydrogen) atoms. The summed E-state index contributed by atoms with van der Waals surface area (Å²) in [5.74, 6) is 0.384. The number of nitrogens with zero attached hydrogens (tertiary/aromatic N) is 3. The fourth-order valence-electron chi connectivity index (χ4n) is 5.15. The van der Waals surface area contributed by atoms with Gasteiger partial charge < -0.3 is 14.5 Å². The van der Waals surface area contributed by atoms with Crippen molar-refractivity contribution in [2.75, 3.05) is 50.8 Å². The van der Waals surface area contributed by atoms with Crippen LogP contribution in [0.25, 0.3) is 0 Å². The molecule has 0 bridgehead atoms. The Morgan fingerprint density at radius 3 is 2.36 bits per heavy atom. The van der Waals surface area contributed by atoms with Gasteiger partial charge in [0.2, 0.25) is 5.91 Å². The molecule has 154 valence electrons. The molecule has 1 spiro atoms. The van der Waals surface area contributed by atoms with Crippen LogP contribution in [0.1, 0.15) is 39.5 Å². The van der Waals surface area contributed by atoms with Crippen molar-refractivity contribution in [3.63, 3.8) is 0 Å². The summed E-state index contributed by atoms with van der Waals surface area (Å²) in [5.41, 5.74) is 1.33. The molecule has 3 fully saturated rings. The van der Waals surface area contributed by atoms with Crippen molar-refractivity contribution in [2.24, 2.45) is 5.92 Å². The summed E-state index contributed by atoms with van der Waals surface area (Å²) in [6, 6.07) is 11.4. The molecule has 1 aromatic carbocycles. The first-order chi connectivity index (χ1) is 13.6. The number of ether oxygens (including phenoxy) is 1. The van der Waals surface area contributed by atoms with Crippen molar-refractivity contribution in [1.29, 1.82) is 0 Å². The first kappa shape index (κ1) is 19.7. The van der Waals surface area contributed by atoms with Gasteiger partial charge in [-0.05, 0) is 37.8 Å². The van der Waals surface area contributed by atoms with Crippen molar-refractivity contribution >= 4 is 11.6 Å². The number of para-hydroxylation sites is 1. The van der Waals surface area contributed by atoms with Gasteiger partial charge in [0.15, 0.2) is 0 Å². The second-order valence-electron chi connectivity index (χ2n) is 9.02. The van der Waals surface area contributed by atoms with Crippen LogP contribution in [0.3, 0.4) is 0 Å². The first-order valence-corrected chi connectivity index (χ1v) is 11.0. The van der Waals surface area contributed by atoms with Crippen molar-refractivity contribution in [3.05, 3.63) is 30.3 Å². The van der Waals surface area contributed by atoms with Gasteiger partial charge in [-0.15, -0.1) is 0 Å². The number of hydrogen-bond donors (Lipinski definition) is 0. The van der Waals surface area contributed by atoms with Crippen LogP contribution in [-0.2, 0) is 9.53 Å². The molecule has 3 saturated heterocycles. The maximum atomic E-state index is 12.3. The van der Waals surface area contributed by atoms with E-state index in [0.29, 0.717) is 11.9 Å². The average Bonchev–Trinajstić information content (AvgIpc) is 2.75. The summed E-state index contributed by atoms with van der Waals surface area (Å²) in [5, 5.41) is 0. The molecule has 3 heterocycles. The number of hydrogen-bond acceptors (Lipinski definition) is 4. The topological polar surface area (TPSA) is 36.0 Å². The van der Waals surface area contributed by atoms with Gasteiger partial charge in [-0.1, -0.05) is 32.0 Å². The van der Waals surface area contributed by atoms with Gasteiger partial charge >= 0.3 is 0 Å². The zero-order valence-electron chi connectivity index (χ0n) is 17.5. The van der Waals surface area contributed by atoms with Gasteiger partial charge in [0, 0.05) is 63.5 Å². The minimum absolute atomic E-state index is 0.00671. The normalized spacial score (nSPS) is 26.0. The van der Waals surface area contributed by atoms with Crippen LogP contribution in [0.15, 0.2) is 30.3 Å². The Bertz CT molecular complexity index is 647. The predicted octanol–water partition coefficient (Wildman–Crippen LogP) is 3.00. The molecule has 1 atom stereocenters. The average molecular weight is 386 g/mol. The fraction of sp³-hybridized carbons (Fsp3) is 0.696. The van der Waals surface area contributed by atoms with E-state index in [-0.39, 0.29) is 11.5 Å². The Hall–Kier alpha value is -1.59. The van der Waals surface area contributed by atoms with Crippen LogP contribution in [0.2, 0.25) is 0 Å². The lowest BCUT2D eigenvalue weighted by Crippen LogP contribution is -2.57. The van der Waals surface area contributed by atoms with Crippen molar-refractivity contribution < 1.29 is 9.53 Å². The fourth-order valence-corrected chi connectivity index (χ4v) is 5.15. The maximum Gasteiger partial charge on any atom is 0.225 e. The third-order valence-corrected chi connectivity index (χ3v) is 6.90. The molecule has 1 aromatic rings. The monoisotopic (exact) mass is 385 g/mol. The van der Waals surface area contributed by atoms with E-state index in [1.165, 1.54) is 5.69 Å². The second-order valence-corrected chi connectivity index (χ2v) is 9.02. The first-order valence-electron chi connectivity index (χ1n) is 11.0. The molecule has 0 aliphatic carbocycles. The number of amides is 1. The molecule has 0 radical (unpaired) electrons. The highest BCUT2D eigenvalue weighted by atomic mass is 16.5. The third kappa shape index (κ3) is 4.20. The number of likely N-dealkylation sites (tertiary alicyclic amines) is 1. The molecule has 4 rings (SSSR count). The Morgan fingerprint density at radius 2 is 1.71 bits per heavy atom. The van der Waals surface area contributed by atoms with E-state index in [1.807, 2.05) is 18.7 Å². The number of carbonyl (C=O) groups excluding carboxylic acids is 1. The molecule has 3 aliphatic rings. The predicted molar refractivity (Wildman–Crippen MR) is 113 cm³/mol. The molecule has 0 unspecified atom stereocenters. The zero-order valence-corrected chi connectivity index (χ0v) is 17.5. The minimum Gasteiger partial charge on any atom is -0.375 e. The molecule has 0 N–H and O–H groups in total. The second kappa shape index (κ2) is 8.42. The standard InChI is InChI=1S/C23H35N3O2/c1-19(2)22(27)26-11-9-23(10-12-26)18-21(8-17-28-23)25-15-13-24(14-16-25)20-6-4-3-5-7-20/h3-7,19,21H,8-18H2,1-2H3/t21-/m0/s1. The van der Waals surface area contributed by atoms with Gasteiger partial charge in [-0.3, -0.25) is 9.69 Å². The van der Waals surface area contributed by atoms with E-state index < -0.39 is 0 Å². The summed E-state index contributed by atoms with van der Waals surface area (Å²) in [4.78, 5) is 19.5. The smallest absolute Gasteiger partial charge is 0.225 e.